The molecule has 0 amide bonds. The summed E-state index contributed by atoms with van der Waals surface area (Å²) in [7, 11) is 4.02. The number of carboxylic acid groups (broad SMARTS) is 1. The molecule has 0 atom stereocenters. The number of rotatable bonds is 10. The Morgan fingerprint density at radius 2 is 1.77 bits per heavy atom. The lowest BCUT2D eigenvalue weighted by atomic mass is 10.3. The van der Waals surface area contributed by atoms with Crippen molar-refractivity contribution in [2.45, 2.75) is 20.3 Å². The van der Waals surface area contributed by atoms with Crippen LogP contribution in [0, 0.1) is 0 Å². The van der Waals surface area contributed by atoms with Gasteiger partial charge in [0.15, 0.2) is 0 Å². The topological polar surface area (TPSA) is 59.9 Å². The van der Waals surface area contributed by atoms with E-state index in [1.807, 2.05) is 32.4 Å². The fraction of sp³-hybridized carbons (Fsp3) is 0.625. The van der Waals surface area contributed by atoms with E-state index in [4.69, 9.17) is 5.11 Å². The Labute approximate surface area is 133 Å². The first-order chi connectivity index (χ1) is 10.5. The van der Waals surface area contributed by atoms with Crippen LogP contribution in [0.2, 0.25) is 0 Å². The standard InChI is InChI=1S/C16H28N4O2/c1-5-19(6-2)15-8-7-14(13-17-15)20(10-9-16(21)22)12-11-18(3)4/h7-8,13H,5-6,9-12H2,1-4H3,(H,21,22). The zero-order valence-electron chi connectivity index (χ0n) is 14.1. The van der Waals surface area contributed by atoms with E-state index < -0.39 is 5.97 Å². The molecule has 0 aliphatic rings. The number of likely N-dealkylation sites (N-methyl/N-ethyl adjacent to an activating group) is 1. The summed E-state index contributed by atoms with van der Waals surface area (Å²) in [6.45, 7) is 8.21. The third kappa shape index (κ3) is 5.89. The lowest BCUT2D eigenvalue weighted by Crippen LogP contribution is -2.33. The van der Waals surface area contributed by atoms with Crippen molar-refractivity contribution in [3.63, 3.8) is 0 Å². The second-order valence-electron chi connectivity index (χ2n) is 5.48. The highest BCUT2D eigenvalue weighted by Crippen LogP contribution is 2.18. The number of carbonyl (C=O) groups is 1. The Morgan fingerprint density at radius 1 is 1.09 bits per heavy atom. The van der Waals surface area contributed by atoms with E-state index in [0.717, 1.165) is 37.7 Å². The van der Waals surface area contributed by atoms with E-state index in [9.17, 15) is 4.79 Å². The van der Waals surface area contributed by atoms with Crippen LogP contribution >= 0.6 is 0 Å². The molecule has 0 saturated heterocycles. The van der Waals surface area contributed by atoms with Crippen molar-refractivity contribution in [1.29, 1.82) is 0 Å². The van der Waals surface area contributed by atoms with Gasteiger partial charge in [0.05, 0.1) is 18.3 Å². The monoisotopic (exact) mass is 308 g/mol. The van der Waals surface area contributed by atoms with Gasteiger partial charge in [-0.1, -0.05) is 0 Å². The van der Waals surface area contributed by atoms with Gasteiger partial charge in [0.2, 0.25) is 0 Å². The van der Waals surface area contributed by atoms with E-state index in [-0.39, 0.29) is 6.42 Å². The number of anilines is 2. The average molecular weight is 308 g/mol. The van der Waals surface area contributed by atoms with Gasteiger partial charge in [-0.25, -0.2) is 4.98 Å². The van der Waals surface area contributed by atoms with Gasteiger partial charge in [-0.2, -0.15) is 0 Å². The van der Waals surface area contributed by atoms with E-state index in [1.165, 1.54) is 0 Å². The quantitative estimate of drug-likeness (QED) is 0.711. The van der Waals surface area contributed by atoms with Crippen LogP contribution in [-0.4, -0.2) is 67.8 Å². The number of nitrogens with zero attached hydrogens (tertiary/aromatic N) is 4. The van der Waals surface area contributed by atoms with Crippen molar-refractivity contribution < 1.29 is 9.90 Å². The van der Waals surface area contributed by atoms with Gasteiger partial charge < -0.3 is 19.8 Å². The van der Waals surface area contributed by atoms with Crippen LogP contribution < -0.4 is 9.80 Å². The van der Waals surface area contributed by atoms with Crippen LogP contribution in [0.25, 0.3) is 0 Å². The molecule has 1 aromatic heterocycles. The highest BCUT2D eigenvalue weighted by Gasteiger charge is 2.11. The van der Waals surface area contributed by atoms with Gasteiger partial charge in [0.1, 0.15) is 5.82 Å². The maximum Gasteiger partial charge on any atom is 0.305 e. The summed E-state index contributed by atoms with van der Waals surface area (Å²) in [4.78, 5) is 21.7. The average Bonchev–Trinajstić information content (AvgIpc) is 2.49. The minimum atomic E-state index is -0.775. The number of pyridine rings is 1. The molecule has 22 heavy (non-hydrogen) atoms. The highest BCUT2D eigenvalue weighted by atomic mass is 16.4. The lowest BCUT2D eigenvalue weighted by Gasteiger charge is -2.26. The second-order valence-corrected chi connectivity index (χ2v) is 5.48. The van der Waals surface area contributed by atoms with Crippen LogP contribution in [0.3, 0.4) is 0 Å². The molecule has 0 aromatic carbocycles. The molecule has 1 N–H and O–H groups in total. The third-order valence-corrected chi connectivity index (χ3v) is 3.60. The Hall–Kier alpha value is -1.82. The summed E-state index contributed by atoms with van der Waals surface area (Å²) in [6.07, 6.45) is 1.97. The first kappa shape index (κ1) is 18.2. The van der Waals surface area contributed by atoms with Gasteiger partial charge in [-0.15, -0.1) is 0 Å². The van der Waals surface area contributed by atoms with Gasteiger partial charge in [-0.3, -0.25) is 4.79 Å². The van der Waals surface area contributed by atoms with Crippen molar-refractivity contribution in [3.05, 3.63) is 18.3 Å². The van der Waals surface area contributed by atoms with Crippen LogP contribution in [0.4, 0.5) is 11.5 Å². The molecule has 6 nitrogen and oxygen atoms in total. The molecule has 1 rings (SSSR count). The van der Waals surface area contributed by atoms with Crippen molar-refractivity contribution in [3.8, 4) is 0 Å². The van der Waals surface area contributed by atoms with Gasteiger partial charge in [0.25, 0.3) is 0 Å². The minimum absolute atomic E-state index is 0.130. The molecule has 0 radical (unpaired) electrons. The maximum atomic E-state index is 10.8. The molecule has 0 bridgehead atoms. The molecular formula is C16H28N4O2. The number of carboxylic acids is 1. The Balaban J connectivity index is 2.81. The maximum absolute atomic E-state index is 10.8. The van der Waals surface area contributed by atoms with Gasteiger partial charge >= 0.3 is 5.97 Å². The Morgan fingerprint density at radius 3 is 2.23 bits per heavy atom. The molecule has 124 valence electrons. The van der Waals surface area contributed by atoms with Gasteiger partial charge in [-0.05, 0) is 40.1 Å². The van der Waals surface area contributed by atoms with Crippen molar-refractivity contribution in [2.24, 2.45) is 0 Å². The fourth-order valence-corrected chi connectivity index (χ4v) is 2.22. The van der Waals surface area contributed by atoms with Crippen LogP contribution in [0.5, 0.6) is 0 Å². The molecule has 0 saturated carbocycles. The number of aromatic nitrogens is 1. The fourth-order valence-electron chi connectivity index (χ4n) is 2.22. The summed E-state index contributed by atoms with van der Waals surface area (Å²) in [5.74, 6) is 0.183. The first-order valence-electron chi connectivity index (χ1n) is 7.80. The highest BCUT2D eigenvalue weighted by molar-refractivity contribution is 5.67. The summed E-state index contributed by atoms with van der Waals surface area (Å²) in [5.41, 5.74) is 0.971. The first-order valence-corrected chi connectivity index (χ1v) is 7.80. The molecule has 0 unspecified atom stereocenters. The molecular weight excluding hydrogens is 280 g/mol. The van der Waals surface area contributed by atoms with Crippen molar-refractivity contribution in [2.75, 3.05) is 56.6 Å². The van der Waals surface area contributed by atoms with Crippen LogP contribution in [0.1, 0.15) is 20.3 Å². The predicted molar refractivity (Wildman–Crippen MR) is 90.8 cm³/mol. The van der Waals surface area contributed by atoms with Crippen molar-refractivity contribution >= 4 is 17.5 Å². The molecule has 6 heteroatoms. The van der Waals surface area contributed by atoms with Crippen molar-refractivity contribution in [1.82, 2.24) is 9.88 Å². The van der Waals surface area contributed by atoms with E-state index >= 15 is 0 Å². The summed E-state index contributed by atoms with van der Waals surface area (Å²) in [5, 5.41) is 8.91. The SMILES string of the molecule is CCN(CC)c1ccc(N(CCC(=O)O)CCN(C)C)cn1. The molecule has 0 aliphatic carbocycles. The number of hydrogen-bond donors (Lipinski definition) is 1. The number of hydrogen-bond acceptors (Lipinski definition) is 5. The zero-order chi connectivity index (χ0) is 16.5. The smallest absolute Gasteiger partial charge is 0.305 e. The normalized spacial score (nSPS) is 10.8. The molecule has 0 aliphatic heterocycles. The third-order valence-electron chi connectivity index (χ3n) is 3.60. The van der Waals surface area contributed by atoms with Crippen LogP contribution in [-0.2, 0) is 4.79 Å². The molecule has 1 heterocycles. The van der Waals surface area contributed by atoms with E-state index in [2.05, 4.69) is 33.5 Å². The molecule has 1 aromatic rings. The molecule has 0 spiro atoms. The second kappa shape index (κ2) is 9.25. The predicted octanol–water partition coefficient (Wildman–Crippen LogP) is 1.77. The zero-order valence-corrected chi connectivity index (χ0v) is 14.1. The minimum Gasteiger partial charge on any atom is -0.481 e. The van der Waals surface area contributed by atoms with Crippen LogP contribution in [0.15, 0.2) is 18.3 Å². The Bertz CT molecular complexity index is 444. The number of aliphatic carboxylic acids is 1. The molecule has 0 fully saturated rings. The summed E-state index contributed by atoms with van der Waals surface area (Å²) in [6, 6.07) is 4.03. The Kier molecular flexibility index (Phi) is 7.66. The summed E-state index contributed by atoms with van der Waals surface area (Å²) >= 11 is 0. The van der Waals surface area contributed by atoms with E-state index in [1.54, 1.807) is 0 Å². The lowest BCUT2D eigenvalue weighted by molar-refractivity contribution is -0.136. The summed E-state index contributed by atoms with van der Waals surface area (Å²) < 4.78 is 0. The van der Waals surface area contributed by atoms with Gasteiger partial charge in [0, 0.05) is 32.7 Å². The van der Waals surface area contributed by atoms with E-state index in [0.29, 0.717) is 6.54 Å². The largest absolute Gasteiger partial charge is 0.481 e.